The highest BCUT2D eigenvalue weighted by atomic mass is 16.2. The smallest absolute Gasteiger partial charge is 0.315 e. The molecular formula is C15H20N6O2. The molecule has 0 saturated carbocycles. The number of anilines is 1. The third-order valence-corrected chi connectivity index (χ3v) is 4.79. The summed E-state index contributed by atoms with van der Waals surface area (Å²) in [6.07, 6.45) is 3.29. The molecular weight excluding hydrogens is 296 g/mol. The summed E-state index contributed by atoms with van der Waals surface area (Å²) >= 11 is 0. The maximum atomic E-state index is 12.4. The SMILES string of the molecule is O=C1NCC(C(=O)N2CCN(c3cc4c(nn3)CCC4)CC2)N1. The summed E-state index contributed by atoms with van der Waals surface area (Å²) in [6.45, 7) is 3.14. The van der Waals surface area contributed by atoms with Gasteiger partial charge >= 0.3 is 6.03 Å². The van der Waals surface area contributed by atoms with Crippen LogP contribution < -0.4 is 15.5 Å². The van der Waals surface area contributed by atoms with Crippen LogP contribution in [0.25, 0.3) is 0 Å². The molecule has 23 heavy (non-hydrogen) atoms. The van der Waals surface area contributed by atoms with Gasteiger partial charge in [-0.15, -0.1) is 5.10 Å². The van der Waals surface area contributed by atoms with Gasteiger partial charge in [0, 0.05) is 32.7 Å². The summed E-state index contributed by atoms with van der Waals surface area (Å²) in [6, 6.07) is 1.44. The van der Waals surface area contributed by atoms with E-state index in [-0.39, 0.29) is 11.9 Å². The highest BCUT2D eigenvalue weighted by Gasteiger charge is 2.32. The molecule has 2 fully saturated rings. The van der Waals surface area contributed by atoms with Crippen LogP contribution >= 0.6 is 0 Å². The minimum absolute atomic E-state index is 0.0111. The molecule has 2 N–H and O–H groups in total. The first-order chi connectivity index (χ1) is 11.2. The van der Waals surface area contributed by atoms with Crippen LogP contribution in [0.5, 0.6) is 0 Å². The van der Waals surface area contributed by atoms with Crippen molar-refractivity contribution in [2.24, 2.45) is 0 Å². The van der Waals surface area contributed by atoms with Crippen molar-refractivity contribution < 1.29 is 9.59 Å². The predicted octanol–water partition coefficient (Wildman–Crippen LogP) is -0.705. The molecule has 0 spiro atoms. The number of hydrogen-bond acceptors (Lipinski definition) is 5. The van der Waals surface area contributed by atoms with E-state index in [4.69, 9.17) is 0 Å². The summed E-state index contributed by atoms with van der Waals surface area (Å²) in [4.78, 5) is 27.5. The van der Waals surface area contributed by atoms with Gasteiger partial charge in [0.15, 0.2) is 5.82 Å². The number of aryl methyl sites for hydroxylation is 2. The second kappa shape index (κ2) is 5.68. The second-order valence-corrected chi connectivity index (χ2v) is 6.25. The molecule has 2 aliphatic heterocycles. The third kappa shape index (κ3) is 2.69. The van der Waals surface area contributed by atoms with Crippen LogP contribution in [0.2, 0.25) is 0 Å². The minimum Gasteiger partial charge on any atom is -0.352 e. The van der Waals surface area contributed by atoms with Gasteiger partial charge < -0.3 is 20.4 Å². The zero-order valence-electron chi connectivity index (χ0n) is 12.9. The molecule has 8 nitrogen and oxygen atoms in total. The number of hydrogen-bond donors (Lipinski definition) is 2. The van der Waals surface area contributed by atoms with Crippen molar-refractivity contribution in [3.8, 4) is 0 Å². The van der Waals surface area contributed by atoms with Gasteiger partial charge in [-0.2, -0.15) is 5.10 Å². The highest BCUT2D eigenvalue weighted by Crippen LogP contribution is 2.23. The average molecular weight is 316 g/mol. The first-order valence-corrected chi connectivity index (χ1v) is 8.14. The molecule has 1 aliphatic carbocycles. The van der Waals surface area contributed by atoms with E-state index in [0.717, 1.165) is 43.9 Å². The Kier molecular flexibility index (Phi) is 3.51. The first-order valence-electron chi connectivity index (χ1n) is 8.14. The Morgan fingerprint density at radius 3 is 2.74 bits per heavy atom. The van der Waals surface area contributed by atoms with Gasteiger partial charge in [-0.05, 0) is 30.9 Å². The maximum Gasteiger partial charge on any atom is 0.315 e. The number of carbonyl (C=O) groups is 2. The van der Waals surface area contributed by atoms with Gasteiger partial charge in [-0.1, -0.05) is 0 Å². The van der Waals surface area contributed by atoms with Crippen molar-refractivity contribution >= 4 is 17.8 Å². The molecule has 3 aliphatic rings. The number of nitrogens with one attached hydrogen (secondary N) is 2. The van der Waals surface area contributed by atoms with Crippen LogP contribution in [0.15, 0.2) is 6.07 Å². The molecule has 0 radical (unpaired) electrons. The molecule has 1 unspecified atom stereocenters. The fourth-order valence-electron chi connectivity index (χ4n) is 3.45. The van der Waals surface area contributed by atoms with Crippen molar-refractivity contribution in [3.05, 3.63) is 17.3 Å². The molecule has 1 atom stereocenters. The van der Waals surface area contributed by atoms with Crippen molar-refractivity contribution in [1.82, 2.24) is 25.7 Å². The molecule has 3 amide bonds. The Balaban J connectivity index is 1.37. The molecule has 1 aromatic rings. The lowest BCUT2D eigenvalue weighted by atomic mass is 10.2. The van der Waals surface area contributed by atoms with Crippen LogP contribution in [0, 0.1) is 0 Å². The van der Waals surface area contributed by atoms with Crippen molar-refractivity contribution in [2.75, 3.05) is 37.6 Å². The van der Waals surface area contributed by atoms with Crippen LogP contribution in [-0.2, 0) is 17.6 Å². The van der Waals surface area contributed by atoms with E-state index in [1.165, 1.54) is 5.56 Å². The summed E-state index contributed by atoms with van der Waals surface area (Å²) in [5.74, 6) is 0.900. The largest absolute Gasteiger partial charge is 0.352 e. The number of amides is 3. The lowest BCUT2D eigenvalue weighted by molar-refractivity contribution is -0.132. The van der Waals surface area contributed by atoms with Crippen molar-refractivity contribution in [1.29, 1.82) is 0 Å². The fraction of sp³-hybridized carbons (Fsp3) is 0.600. The summed E-state index contributed by atoms with van der Waals surface area (Å²) in [7, 11) is 0. The average Bonchev–Trinajstić information content (AvgIpc) is 3.22. The van der Waals surface area contributed by atoms with Crippen molar-refractivity contribution in [3.63, 3.8) is 0 Å². The zero-order chi connectivity index (χ0) is 15.8. The van der Waals surface area contributed by atoms with E-state index in [9.17, 15) is 9.59 Å². The topological polar surface area (TPSA) is 90.5 Å². The lowest BCUT2D eigenvalue weighted by Gasteiger charge is -2.36. The van der Waals surface area contributed by atoms with Gasteiger partial charge in [0.25, 0.3) is 0 Å². The predicted molar refractivity (Wildman–Crippen MR) is 83.2 cm³/mol. The van der Waals surface area contributed by atoms with E-state index >= 15 is 0 Å². The lowest BCUT2D eigenvalue weighted by Crippen LogP contribution is -2.54. The van der Waals surface area contributed by atoms with Crippen LogP contribution in [0.1, 0.15) is 17.7 Å². The Bertz CT molecular complexity index is 641. The molecule has 2 saturated heterocycles. The number of fused-ring (bicyclic) bond motifs is 1. The Morgan fingerprint density at radius 2 is 2.00 bits per heavy atom. The van der Waals surface area contributed by atoms with E-state index in [0.29, 0.717) is 19.6 Å². The van der Waals surface area contributed by atoms with Gasteiger partial charge in [0.05, 0.1) is 5.69 Å². The van der Waals surface area contributed by atoms with Gasteiger partial charge in [0.2, 0.25) is 5.91 Å². The van der Waals surface area contributed by atoms with E-state index in [2.05, 4.69) is 31.8 Å². The Morgan fingerprint density at radius 1 is 1.17 bits per heavy atom. The monoisotopic (exact) mass is 316 g/mol. The number of rotatable bonds is 2. The standard InChI is InChI=1S/C15H20N6O2/c22-14(12-9-16-15(23)17-12)21-6-4-20(5-7-21)13-8-10-2-1-3-11(10)18-19-13/h8,12H,1-7,9H2,(H2,16,17,23). The fourth-order valence-corrected chi connectivity index (χ4v) is 3.45. The van der Waals surface area contributed by atoms with E-state index in [1.807, 2.05) is 4.90 Å². The molecule has 3 heterocycles. The summed E-state index contributed by atoms with van der Waals surface area (Å²) in [5.41, 5.74) is 2.44. The molecule has 8 heteroatoms. The number of piperazine rings is 1. The number of aromatic nitrogens is 2. The zero-order valence-corrected chi connectivity index (χ0v) is 12.9. The van der Waals surface area contributed by atoms with E-state index < -0.39 is 6.04 Å². The highest BCUT2D eigenvalue weighted by molar-refractivity contribution is 5.90. The molecule has 4 rings (SSSR count). The molecule has 0 aromatic carbocycles. The maximum absolute atomic E-state index is 12.4. The van der Waals surface area contributed by atoms with Crippen LogP contribution in [0.4, 0.5) is 10.6 Å². The van der Waals surface area contributed by atoms with Crippen molar-refractivity contribution in [2.45, 2.75) is 25.3 Å². The number of nitrogens with zero attached hydrogens (tertiary/aromatic N) is 4. The quantitative estimate of drug-likeness (QED) is 0.753. The van der Waals surface area contributed by atoms with Crippen LogP contribution in [-0.4, -0.2) is 65.8 Å². The summed E-state index contributed by atoms with van der Waals surface area (Å²) in [5, 5.41) is 13.9. The number of carbonyl (C=O) groups excluding carboxylic acids is 2. The Labute approximate surface area is 134 Å². The van der Waals surface area contributed by atoms with Crippen LogP contribution in [0.3, 0.4) is 0 Å². The Hall–Kier alpha value is -2.38. The van der Waals surface area contributed by atoms with Gasteiger partial charge in [-0.25, -0.2) is 4.79 Å². The number of urea groups is 1. The normalized spacial score (nSPS) is 23.5. The van der Waals surface area contributed by atoms with Gasteiger partial charge in [-0.3, -0.25) is 4.79 Å². The molecule has 1 aromatic heterocycles. The molecule has 122 valence electrons. The molecule has 0 bridgehead atoms. The van der Waals surface area contributed by atoms with Gasteiger partial charge in [0.1, 0.15) is 6.04 Å². The summed E-state index contributed by atoms with van der Waals surface area (Å²) < 4.78 is 0. The first kappa shape index (κ1) is 14.2. The second-order valence-electron chi connectivity index (χ2n) is 6.25. The van der Waals surface area contributed by atoms with E-state index in [1.54, 1.807) is 0 Å². The minimum atomic E-state index is -0.436. The third-order valence-electron chi connectivity index (χ3n) is 4.79.